The summed E-state index contributed by atoms with van der Waals surface area (Å²) in [6.07, 6.45) is 0. The number of carbonyl (C=O) groups excluding carboxylic acids is 2. The van der Waals surface area contributed by atoms with Gasteiger partial charge in [0.1, 0.15) is 6.07 Å². The van der Waals surface area contributed by atoms with E-state index in [0.29, 0.717) is 11.3 Å². The van der Waals surface area contributed by atoms with Crippen molar-refractivity contribution in [2.75, 3.05) is 5.32 Å². The van der Waals surface area contributed by atoms with Crippen molar-refractivity contribution in [3.05, 3.63) is 29.8 Å². The first-order valence-corrected chi connectivity index (χ1v) is 5.15. The lowest BCUT2D eigenvalue weighted by atomic mass is 10.2. The summed E-state index contributed by atoms with van der Waals surface area (Å²) in [7, 11) is 0. The fourth-order valence-corrected chi connectivity index (χ4v) is 1.20. The maximum absolute atomic E-state index is 11.5. The van der Waals surface area contributed by atoms with Crippen LogP contribution in [0.25, 0.3) is 0 Å². The molecular weight excluding hydrogens is 218 g/mol. The molecule has 0 saturated carbocycles. The zero-order valence-corrected chi connectivity index (χ0v) is 9.65. The van der Waals surface area contributed by atoms with E-state index in [-0.39, 0.29) is 6.04 Å². The van der Waals surface area contributed by atoms with Gasteiger partial charge in [0.15, 0.2) is 0 Å². The lowest BCUT2D eigenvalue weighted by molar-refractivity contribution is -0.136. The highest BCUT2D eigenvalue weighted by molar-refractivity contribution is 6.39. The third-order valence-electron chi connectivity index (χ3n) is 1.92. The van der Waals surface area contributed by atoms with Crippen molar-refractivity contribution in [2.24, 2.45) is 0 Å². The van der Waals surface area contributed by atoms with Crippen molar-refractivity contribution in [1.82, 2.24) is 5.32 Å². The van der Waals surface area contributed by atoms with Gasteiger partial charge >= 0.3 is 11.8 Å². The molecule has 5 nitrogen and oxygen atoms in total. The number of rotatable bonds is 2. The fraction of sp³-hybridized carbons (Fsp3) is 0.250. The first kappa shape index (κ1) is 12.7. The molecule has 0 aliphatic carbocycles. The summed E-state index contributed by atoms with van der Waals surface area (Å²) in [5, 5.41) is 13.7. The molecule has 1 aromatic carbocycles. The Morgan fingerprint density at radius 1 is 1.24 bits per heavy atom. The van der Waals surface area contributed by atoms with Crippen molar-refractivity contribution in [2.45, 2.75) is 19.9 Å². The van der Waals surface area contributed by atoms with Gasteiger partial charge in [-0.3, -0.25) is 9.59 Å². The number of nitriles is 1. The van der Waals surface area contributed by atoms with Crippen LogP contribution >= 0.6 is 0 Å². The standard InChI is InChI=1S/C12H13N3O2/c1-8(2)14-11(16)12(17)15-10-6-4-3-5-9(10)7-13/h3-6,8H,1-2H3,(H,14,16)(H,15,17). The van der Waals surface area contributed by atoms with Crippen LogP contribution in [0.3, 0.4) is 0 Å². The van der Waals surface area contributed by atoms with E-state index in [0.717, 1.165) is 0 Å². The van der Waals surface area contributed by atoms with Gasteiger partial charge in [0.25, 0.3) is 0 Å². The molecule has 1 aromatic rings. The molecule has 0 aliphatic heterocycles. The van der Waals surface area contributed by atoms with Gasteiger partial charge in [-0.25, -0.2) is 0 Å². The minimum Gasteiger partial charge on any atom is -0.346 e. The van der Waals surface area contributed by atoms with Gasteiger partial charge in [-0.2, -0.15) is 5.26 Å². The van der Waals surface area contributed by atoms with Crippen LogP contribution in [-0.4, -0.2) is 17.9 Å². The summed E-state index contributed by atoms with van der Waals surface area (Å²) in [5.74, 6) is -1.49. The number of para-hydroxylation sites is 1. The average molecular weight is 231 g/mol. The highest BCUT2D eigenvalue weighted by Gasteiger charge is 2.15. The molecule has 0 radical (unpaired) electrons. The largest absolute Gasteiger partial charge is 0.346 e. The number of hydrogen-bond donors (Lipinski definition) is 2. The molecule has 1 rings (SSSR count). The van der Waals surface area contributed by atoms with E-state index < -0.39 is 11.8 Å². The normalized spacial score (nSPS) is 9.53. The van der Waals surface area contributed by atoms with E-state index in [2.05, 4.69) is 10.6 Å². The second-order valence-corrected chi connectivity index (χ2v) is 3.74. The molecule has 0 bridgehead atoms. The summed E-state index contributed by atoms with van der Waals surface area (Å²) < 4.78 is 0. The highest BCUT2D eigenvalue weighted by atomic mass is 16.2. The maximum atomic E-state index is 11.5. The number of hydrogen-bond acceptors (Lipinski definition) is 3. The summed E-state index contributed by atoms with van der Waals surface area (Å²) in [6.45, 7) is 3.52. The second kappa shape index (κ2) is 5.66. The Kier molecular flexibility index (Phi) is 4.23. The second-order valence-electron chi connectivity index (χ2n) is 3.74. The van der Waals surface area contributed by atoms with Crippen LogP contribution in [0, 0.1) is 11.3 Å². The molecule has 0 spiro atoms. The topological polar surface area (TPSA) is 82.0 Å². The van der Waals surface area contributed by atoms with Crippen LogP contribution < -0.4 is 10.6 Å². The van der Waals surface area contributed by atoms with Gasteiger partial charge in [-0.15, -0.1) is 0 Å². The zero-order chi connectivity index (χ0) is 12.8. The van der Waals surface area contributed by atoms with Crippen molar-refractivity contribution in [3.63, 3.8) is 0 Å². The Labute approximate surface area is 99.4 Å². The number of amides is 2. The van der Waals surface area contributed by atoms with E-state index in [9.17, 15) is 9.59 Å². The molecule has 0 unspecified atom stereocenters. The van der Waals surface area contributed by atoms with Crippen LogP contribution in [0.2, 0.25) is 0 Å². The summed E-state index contributed by atoms with van der Waals surface area (Å²) in [6, 6.07) is 8.32. The quantitative estimate of drug-likeness (QED) is 0.745. The predicted molar refractivity (Wildman–Crippen MR) is 63.1 cm³/mol. The number of nitrogens with one attached hydrogen (secondary N) is 2. The number of carbonyl (C=O) groups is 2. The van der Waals surface area contributed by atoms with Gasteiger partial charge in [-0.05, 0) is 26.0 Å². The van der Waals surface area contributed by atoms with Crippen LogP contribution in [0.1, 0.15) is 19.4 Å². The van der Waals surface area contributed by atoms with Gasteiger partial charge < -0.3 is 10.6 Å². The highest BCUT2D eigenvalue weighted by Crippen LogP contribution is 2.12. The van der Waals surface area contributed by atoms with Crippen LogP contribution in [0.5, 0.6) is 0 Å². The van der Waals surface area contributed by atoms with E-state index in [1.165, 1.54) is 0 Å². The molecule has 0 heterocycles. The first-order chi connectivity index (χ1) is 8.04. The smallest absolute Gasteiger partial charge is 0.313 e. The SMILES string of the molecule is CC(C)NC(=O)C(=O)Nc1ccccc1C#N. The monoisotopic (exact) mass is 231 g/mol. The molecule has 0 aliphatic rings. The van der Waals surface area contributed by atoms with Gasteiger partial charge in [-0.1, -0.05) is 12.1 Å². The van der Waals surface area contributed by atoms with Crippen LogP contribution in [0.15, 0.2) is 24.3 Å². The van der Waals surface area contributed by atoms with Gasteiger partial charge in [0, 0.05) is 6.04 Å². The van der Waals surface area contributed by atoms with E-state index in [1.807, 2.05) is 6.07 Å². The van der Waals surface area contributed by atoms with Crippen LogP contribution in [-0.2, 0) is 9.59 Å². The molecule has 5 heteroatoms. The molecule has 17 heavy (non-hydrogen) atoms. The predicted octanol–water partition coefficient (Wildman–Crippen LogP) is 1.02. The van der Waals surface area contributed by atoms with Crippen molar-refractivity contribution < 1.29 is 9.59 Å². The van der Waals surface area contributed by atoms with E-state index in [1.54, 1.807) is 38.1 Å². The molecule has 0 fully saturated rings. The third-order valence-corrected chi connectivity index (χ3v) is 1.92. The molecule has 88 valence electrons. The van der Waals surface area contributed by atoms with Gasteiger partial charge in [0.05, 0.1) is 11.3 Å². The van der Waals surface area contributed by atoms with E-state index in [4.69, 9.17) is 5.26 Å². The molecule has 2 N–H and O–H groups in total. The maximum Gasteiger partial charge on any atom is 0.313 e. The molecular formula is C12H13N3O2. The summed E-state index contributed by atoms with van der Waals surface area (Å²) >= 11 is 0. The van der Waals surface area contributed by atoms with Crippen molar-refractivity contribution in [1.29, 1.82) is 5.26 Å². The first-order valence-electron chi connectivity index (χ1n) is 5.15. The summed E-state index contributed by atoms with van der Waals surface area (Å²) in [5.41, 5.74) is 0.650. The third kappa shape index (κ3) is 3.61. The van der Waals surface area contributed by atoms with Crippen molar-refractivity contribution >= 4 is 17.5 Å². The number of anilines is 1. The van der Waals surface area contributed by atoms with Crippen molar-refractivity contribution in [3.8, 4) is 6.07 Å². The van der Waals surface area contributed by atoms with E-state index >= 15 is 0 Å². The Morgan fingerprint density at radius 2 is 1.88 bits per heavy atom. The Bertz CT molecular complexity index is 475. The van der Waals surface area contributed by atoms with Gasteiger partial charge in [0.2, 0.25) is 0 Å². The molecule has 0 atom stereocenters. The molecule has 0 aromatic heterocycles. The zero-order valence-electron chi connectivity index (χ0n) is 9.65. The Balaban J connectivity index is 2.75. The Morgan fingerprint density at radius 3 is 2.47 bits per heavy atom. The fourth-order valence-electron chi connectivity index (χ4n) is 1.20. The Hall–Kier alpha value is -2.35. The minimum atomic E-state index is -0.776. The average Bonchev–Trinajstić information content (AvgIpc) is 2.28. The number of benzene rings is 1. The molecule has 2 amide bonds. The molecule has 0 saturated heterocycles. The van der Waals surface area contributed by atoms with Crippen LogP contribution in [0.4, 0.5) is 5.69 Å². The minimum absolute atomic E-state index is 0.112. The summed E-state index contributed by atoms with van der Waals surface area (Å²) in [4.78, 5) is 22.8. The number of nitrogens with zero attached hydrogens (tertiary/aromatic N) is 1. The lowest BCUT2D eigenvalue weighted by Crippen LogP contribution is -2.39. The lowest BCUT2D eigenvalue weighted by Gasteiger charge is -2.09.